The van der Waals surface area contributed by atoms with Gasteiger partial charge in [-0.1, -0.05) is 19.1 Å². The SMILES string of the molecule is CCS(=O)(=O)c1ccccc1C(=O)N(CCO)CCO. The number of rotatable bonds is 7. The van der Waals surface area contributed by atoms with Crippen LogP contribution in [0.25, 0.3) is 0 Å². The minimum Gasteiger partial charge on any atom is -0.395 e. The molecule has 20 heavy (non-hydrogen) atoms. The molecular weight excluding hydrogens is 282 g/mol. The van der Waals surface area contributed by atoms with Crippen LogP contribution in [0.1, 0.15) is 17.3 Å². The zero-order valence-electron chi connectivity index (χ0n) is 11.3. The van der Waals surface area contributed by atoms with Gasteiger partial charge in [0.25, 0.3) is 5.91 Å². The van der Waals surface area contributed by atoms with E-state index >= 15 is 0 Å². The minimum absolute atomic E-state index is 0.0200. The second kappa shape index (κ2) is 7.37. The molecule has 0 radical (unpaired) electrons. The first-order valence-electron chi connectivity index (χ1n) is 6.30. The number of hydrogen-bond acceptors (Lipinski definition) is 5. The fourth-order valence-corrected chi connectivity index (χ4v) is 2.88. The largest absolute Gasteiger partial charge is 0.395 e. The molecular formula is C13H19NO5S. The van der Waals surface area contributed by atoms with E-state index in [4.69, 9.17) is 10.2 Å². The molecule has 0 saturated heterocycles. The molecule has 1 rings (SSSR count). The van der Waals surface area contributed by atoms with Gasteiger partial charge in [-0.3, -0.25) is 4.79 Å². The monoisotopic (exact) mass is 301 g/mol. The summed E-state index contributed by atoms with van der Waals surface area (Å²) in [5, 5.41) is 17.9. The van der Waals surface area contributed by atoms with Crippen LogP contribution in [0, 0.1) is 0 Å². The number of nitrogens with zero attached hydrogens (tertiary/aromatic N) is 1. The fourth-order valence-electron chi connectivity index (χ4n) is 1.80. The zero-order valence-corrected chi connectivity index (χ0v) is 12.1. The summed E-state index contributed by atoms with van der Waals surface area (Å²) >= 11 is 0. The van der Waals surface area contributed by atoms with Crippen molar-refractivity contribution in [2.45, 2.75) is 11.8 Å². The number of amides is 1. The molecule has 0 bridgehead atoms. The summed E-state index contributed by atoms with van der Waals surface area (Å²) in [5.41, 5.74) is 0.0660. The number of benzene rings is 1. The molecule has 6 nitrogen and oxygen atoms in total. The summed E-state index contributed by atoms with van der Waals surface area (Å²) in [5.74, 6) is -0.613. The lowest BCUT2D eigenvalue weighted by Crippen LogP contribution is -2.36. The Morgan fingerprint density at radius 3 is 2.20 bits per heavy atom. The maximum Gasteiger partial charge on any atom is 0.255 e. The average molecular weight is 301 g/mol. The Bertz CT molecular complexity index is 550. The highest BCUT2D eigenvalue weighted by molar-refractivity contribution is 7.91. The second-order valence-electron chi connectivity index (χ2n) is 4.14. The molecule has 2 N–H and O–H groups in total. The molecule has 0 aliphatic carbocycles. The number of aliphatic hydroxyl groups excluding tert-OH is 2. The molecule has 0 spiro atoms. The van der Waals surface area contributed by atoms with Gasteiger partial charge < -0.3 is 15.1 Å². The van der Waals surface area contributed by atoms with Crippen molar-refractivity contribution < 1.29 is 23.4 Å². The van der Waals surface area contributed by atoms with Gasteiger partial charge in [-0.15, -0.1) is 0 Å². The van der Waals surface area contributed by atoms with Crippen molar-refractivity contribution in [2.24, 2.45) is 0 Å². The van der Waals surface area contributed by atoms with E-state index in [9.17, 15) is 13.2 Å². The molecule has 0 atom stereocenters. The predicted octanol–water partition coefficient (Wildman–Crippen LogP) is -0.0930. The van der Waals surface area contributed by atoms with Gasteiger partial charge in [-0.2, -0.15) is 0 Å². The number of carbonyl (C=O) groups excluding carboxylic acids is 1. The highest BCUT2D eigenvalue weighted by Gasteiger charge is 2.23. The topological polar surface area (TPSA) is 94.9 Å². The fraction of sp³-hybridized carbons (Fsp3) is 0.462. The smallest absolute Gasteiger partial charge is 0.255 e. The van der Waals surface area contributed by atoms with Crippen LogP contribution in [0.2, 0.25) is 0 Å². The molecule has 7 heteroatoms. The van der Waals surface area contributed by atoms with Crippen LogP contribution in [-0.2, 0) is 9.84 Å². The van der Waals surface area contributed by atoms with E-state index in [2.05, 4.69) is 0 Å². The molecule has 1 aromatic carbocycles. The van der Waals surface area contributed by atoms with Gasteiger partial charge in [0, 0.05) is 13.1 Å². The van der Waals surface area contributed by atoms with Gasteiger partial charge in [-0.05, 0) is 12.1 Å². The van der Waals surface area contributed by atoms with Crippen molar-refractivity contribution in [3.63, 3.8) is 0 Å². The van der Waals surface area contributed by atoms with Crippen LogP contribution in [0.4, 0.5) is 0 Å². The normalized spacial score (nSPS) is 11.3. The Kier molecular flexibility index (Phi) is 6.12. The van der Waals surface area contributed by atoms with Gasteiger partial charge in [0.05, 0.1) is 29.4 Å². The van der Waals surface area contributed by atoms with Gasteiger partial charge in [0.2, 0.25) is 0 Å². The summed E-state index contributed by atoms with van der Waals surface area (Å²) in [6, 6.07) is 5.97. The molecule has 0 saturated carbocycles. The Morgan fingerprint density at radius 2 is 1.70 bits per heavy atom. The number of hydrogen-bond donors (Lipinski definition) is 2. The first kappa shape index (κ1) is 16.6. The second-order valence-corrected chi connectivity index (χ2v) is 6.39. The highest BCUT2D eigenvalue weighted by atomic mass is 32.2. The third-order valence-electron chi connectivity index (χ3n) is 2.86. The quantitative estimate of drug-likeness (QED) is 0.734. The molecule has 0 aliphatic heterocycles. The maximum atomic E-state index is 12.3. The minimum atomic E-state index is -3.51. The molecule has 0 heterocycles. The van der Waals surface area contributed by atoms with Crippen molar-refractivity contribution in [3.05, 3.63) is 29.8 Å². The summed E-state index contributed by atoms with van der Waals surface area (Å²) in [6.45, 7) is 1.08. The number of carbonyl (C=O) groups is 1. The van der Waals surface area contributed by atoms with E-state index in [1.54, 1.807) is 12.1 Å². The van der Waals surface area contributed by atoms with Crippen molar-refractivity contribution in [1.29, 1.82) is 0 Å². The van der Waals surface area contributed by atoms with Crippen molar-refractivity contribution in [1.82, 2.24) is 4.90 Å². The van der Waals surface area contributed by atoms with Crippen LogP contribution >= 0.6 is 0 Å². The van der Waals surface area contributed by atoms with Crippen molar-refractivity contribution in [2.75, 3.05) is 32.1 Å². The molecule has 0 unspecified atom stereocenters. The molecule has 1 amide bonds. The van der Waals surface area contributed by atoms with Gasteiger partial charge in [-0.25, -0.2) is 8.42 Å². The van der Waals surface area contributed by atoms with Crippen LogP contribution in [0.5, 0.6) is 0 Å². The summed E-state index contributed by atoms with van der Waals surface area (Å²) < 4.78 is 24.0. The lowest BCUT2D eigenvalue weighted by molar-refractivity contribution is 0.0681. The summed E-state index contributed by atoms with van der Waals surface area (Å²) in [6.07, 6.45) is 0. The Morgan fingerprint density at radius 1 is 1.15 bits per heavy atom. The van der Waals surface area contributed by atoms with E-state index < -0.39 is 15.7 Å². The third-order valence-corrected chi connectivity index (χ3v) is 4.65. The third kappa shape index (κ3) is 3.78. The van der Waals surface area contributed by atoms with Crippen LogP contribution < -0.4 is 0 Å². The lowest BCUT2D eigenvalue weighted by Gasteiger charge is -2.21. The molecule has 1 aromatic rings. The molecule has 0 aromatic heterocycles. The summed E-state index contributed by atoms with van der Waals surface area (Å²) in [4.78, 5) is 13.6. The van der Waals surface area contributed by atoms with Crippen molar-refractivity contribution >= 4 is 15.7 Å². The van der Waals surface area contributed by atoms with E-state index in [0.717, 1.165) is 0 Å². The van der Waals surface area contributed by atoms with Crippen LogP contribution in [0.3, 0.4) is 0 Å². The van der Waals surface area contributed by atoms with E-state index in [-0.39, 0.29) is 42.5 Å². The Balaban J connectivity index is 3.22. The van der Waals surface area contributed by atoms with Gasteiger partial charge in [0.15, 0.2) is 9.84 Å². The summed E-state index contributed by atoms with van der Waals surface area (Å²) in [7, 11) is -3.51. The molecule has 0 fully saturated rings. The maximum absolute atomic E-state index is 12.3. The average Bonchev–Trinajstić information content (AvgIpc) is 2.46. The van der Waals surface area contributed by atoms with E-state index in [1.807, 2.05) is 0 Å². The number of aliphatic hydroxyl groups is 2. The molecule has 0 aliphatic rings. The van der Waals surface area contributed by atoms with Gasteiger partial charge >= 0.3 is 0 Å². The standard InChI is InChI=1S/C13H19NO5S/c1-2-20(18,19)12-6-4-3-5-11(12)13(17)14(7-9-15)8-10-16/h3-6,15-16H,2,7-10H2,1H3. The Hall–Kier alpha value is -1.44. The first-order chi connectivity index (χ1) is 9.47. The predicted molar refractivity (Wildman–Crippen MR) is 74.2 cm³/mol. The molecule has 112 valence electrons. The highest BCUT2D eigenvalue weighted by Crippen LogP contribution is 2.18. The number of sulfone groups is 1. The van der Waals surface area contributed by atoms with Gasteiger partial charge in [0.1, 0.15) is 0 Å². The van der Waals surface area contributed by atoms with E-state index in [1.165, 1.54) is 24.0 Å². The van der Waals surface area contributed by atoms with Crippen molar-refractivity contribution in [3.8, 4) is 0 Å². The lowest BCUT2D eigenvalue weighted by atomic mass is 10.2. The van der Waals surface area contributed by atoms with Crippen LogP contribution in [0.15, 0.2) is 29.2 Å². The zero-order chi connectivity index (χ0) is 15.2. The van der Waals surface area contributed by atoms with E-state index in [0.29, 0.717) is 0 Å². The van der Waals surface area contributed by atoms with Crippen LogP contribution in [-0.4, -0.2) is 61.5 Å². The first-order valence-corrected chi connectivity index (χ1v) is 7.96. The Labute approximate surface area is 118 Å².